The maximum absolute atomic E-state index is 12.9. The summed E-state index contributed by atoms with van der Waals surface area (Å²) in [5.41, 5.74) is -1.76. The van der Waals surface area contributed by atoms with Gasteiger partial charge < -0.3 is 15.2 Å². The Morgan fingerprint density at radius 2 is 1.84 bits per heavy atom. The van der Waals surface area contributed by atoms with Crippen LogP contribution in [-0.2, 0) is 12.6 Å². The van der Waals surface area contributed by atoms with Crippen LogP contribution in [0.4, 0.5) is 18.0 Å². The monoisotopic (exact) mass is 522 g/mol. The van der Waals surface area contributed by atoms with Crippen LogP contribution in [0.1, 0.15) is 38.3 Å². The van der Waals surface area contributed by atoms with Crippen LogP contribution in [0, 0.1) is 5.41 Å². The molecule has 1 aromatic heterocycles. The molecule has 0 aliphatic heterocycles. The second-order valence-electron chi connectivity index (χ2n) is 8.18. The number of hydrogen-bond donors (Lipinski definition) is 2. The molecule has 1 atom stereocenters. The second kappa shape index (κ2) is 9.65. The van der Waals surface area contributed by atoms with Gasteiger partial charge in [-0.25, -0.2) is 9.78 Å². The molecule has 1 amide bonds. The highest BCUT2D eigenvalue weighted by Gasteiger charge is 2.43. The van der Waals surface area contributed by atoms with Gasteiger partial charge in [0.2, 0.25) is 0 Å². The summed E-state index contributed by atoms with van der Waals surface area (Å²) in [5.74, 6) is 0.448. The van der Waals surface area contributed by atoms with Crippen LogP contribution < -0.4 is 10.1 Å². The second-order valence-corrected chi connectivity index (χ2v) is 9.39. The van der Waals surface area contributed by atoms with E-state index in [1.54, 1.807) is 6.07 Å². The van der Waals surface area contributed by atoms with Crippen LogP contribution in [0.3, 0.4) is 0 Å². The van der Waals surface area contributed by atoms with Gasteiger partial charge >= 0.3 is 12.3 Å². The molecule has 0 aliphatic carbocycles. The standard InChI is InChI=1S/C21H23BrClF3N2O3/c1-19(2,3)20(28-18(29)30,8-9-31-15-10-16(22)17(23)27-12-15)11-13-4-6-14(7-5-13)21(24,25)26/h4-7,10,12,28H,8-9,11H2,1-3H3,(H,29,30)/t20-/m1/s1. The van der Waals surface area contributed by atoms with Crippen LogP contribution in [0.25, 0.3) is 0 Å². The Kier molecular flexibility index (Phi) is 7.86. The maximum Gasteiger partial charge on any atom is 0.416 e. The van der Waals surface area contributed by atoms with Crippen molar-refractivity contribution >= 4 is 33.6 Å². The minimum atomic E-state index is -4.44. The Morgan fingerprint density at radius 3 is 2.32 bits per heavy atom. The molecule has 170 valence electrons. The zero-order chi connectivity index (χ0) is 23.4. The lowest BCUT2D eigenvalue weighted by molar-refractivity contribution is -0.137. The van der Waals surface area contributed by atoms with Crippen molar-refractivity contribution in [2.75, 3.05) is 6.61 Å². The molecule has 5 nitrogen and oxygen atoms in total. The first-order valence-corrected chi connectivity index (χ1v) is 10.5. The van der Waals surface area contributed by atoms with E-state index in [9.17, 15) is 23.1 Å². The Balaban J connectivity index is 2.27. The fourth-order valence-corrected chi connectivity index (χ4v) is 3.64. The predicted octanol–water partition coefficient (Wildman–Crippen LogP) is 6.58. The number of ether oxygens (including phenoxy) is 1. The van der Waals surface area contributed by atoms with Crippen LogP contribution in [0.15, 0.2) is 41.0 Å². The summed E-state index contributed by atoms with van der Waals surface area (Å²) in [6.45, 7) is 5.75. The van der Waals surface area contributed by atoms with Gasteiger partial charge in [-0.3, -0.25) is 0 Å². The lowest BCUT2D eigenvalue weighted by Gasteiger charge is -2.45. The van der Waals surface area contributed by atoms with Crippen LogP contribution in [-0.4, -0.2) is 28.3 Å². The van der Waals surface area contributed by atoms with E-state index in [-0.39, 0.29) is 24.6 Å². The topological polar surface area (TPSA) is 71.5 Å². The zero-order valence-corrected chi connectivity index (χ0v) is 19.5. The molecule has 1 aromatic carbocycles. The number of benzene rings is 1. The van der Waals surface area contributed by atoms with E-state index in [0.29, 0.717) is 15.8 Å². The quantitative estimate of drug-likeness (QED) is 0.402. The first-order valence-electron chi connectivity index (χ1n) is 9.35. The molecule has 2 rings (SSSR count). The van der Waals surface area contributed by atoms with Crippen LogP contribution in [0.2, 0.25) is 5.15 Å². The summed E-state index contributed by atoms with van der Waals surface area (Å²) in [7, 11) is 0. The Labute approximate surface area is 192 Å². The third-order valence-electron chi connectivity index (χ3n) is 5.14. The van der Waals surface area contributed by atoms with E-state index in [0.717, 1.165) is 12.1 Å². The van der Waals surface area contributed by atoms with Gasteiger partial charge in [-0.05, 0) is 51.5 Å². The summed E-state index contributed by atoms with van der Waals surface area (Å²) < 4.78 is 44.9. The number of aromatic nitrogens is 1. The van der Waals surface area contributed by atoms with Gasteiger partial charge in [0.15, 0.2) is 0 Å². The van der Waals surface area contributed by atoms with Gasteiger partial charge in [0.25, 0.3) is 0 Å². The number of nitrogens with one attached hydrogen (secondary N) is 1. The summed E-state index contributed by atoms with van der Waals surface area (Å²) in [4.78, 5) is 15.6. The number of carbonyl (C=O) groups is 1. The van der Waals surface area contributed by atoms with E-state index in [2.05, 4.69) is 26.2 Å². The SMILES string of the molecule is CC(C)(C)[C@@](CCOc1cnc(Cl)c(Br)c1)(Cc1ccc(C(F)(F)F)cc1)NC(=O)O. The lowest BCUT2D eigenvalue weighted by Crippen LogP contribution is -2.59. The van der Waals surface area contributed by atoms with Crippen LogP contribution >= 0.6 is 27.5 Å². The van der Waals surface area contributed by atoms with E-state index in [4.69, 9.17) is 16.3 Å². The highest BCUT2D eigenvalue weighted by Crippen LogP contribution is 2.38. The van der Waals surface area contributed by atoms with Gasteiger partial charge in [0, 0.05) is 6.42 Å². The van der Waals surface area contributed by atoms with Crippen molar-refractivity contribution in [1.82, 2.24) is 10.3 Å². The first-order chi connectivity index (χ1) is 14.2. The number of pyridine rings is 1. The zero-order valence-electron chi connectivity index (χ0n) is 17.2. The number of carboxylic acid groups (broad SMARTS) is 1. The van der Waals surface area contributed by atoms with Crippen molar-refractivity contribution in [2.45, 2.75) is 45.3 Å². The normalized spacial score (nSPS) is 14.1. The molecule has 31 heavy (non-hydrogen) atoms. The molecule has 0 fully saturated rings. The molecule has 0 saturated carbocycles. The third-order valence-corrected chi connectivity index (χ3v) is 6.27. The molecular weight excluding hydrogens is 501 g/mol. The molecule has 0 bridgehead atoms. The summed E-state index contributed by atoms with van der Waals surface area (Å²) in [6, 6.07) is 6.38. The van der Waals surface area contributed by atoms with Gasteiger partial charge in [-0.2, -0.15) is 13.2 Å². The van der Waals surface area contributed by atoms with Crippen molar-refractivity contribution in [2.24, 2.45) is 5.41 Å². The average molecular weight is 524 g/mol. The minimum Gasteiger partial charge on any atom is -0.492 e. The number of rotatable bonds is 7. The third kappa shape index (κ3) is 6.74. The number of amides is 1. The van der Waals surface area contributed by atoms with Crippen molar-refractivity contribution in [1.29, 1.82) is 0 Å². The maximum atomic E-state index is 12.9. The highest BCUT2D eigenvalue weighted by molar-refractivity contribution is 9.10. The molecule has 0 aliphatic rings. The van der Waals surface area contributed by atoms with Crippen LogP contribution in [0.5, 0.6) is 5.75 Å². The Morgan fingerprint density at radius 1 is 1.23 bits per heavy atom. The van der Waals surface area contributed by atoms with E-state index >= 15 is 0 Å². The van der Waals surface area contributed by atoms with Gasteiger partial charge in [0.05, 0.1) is 28.4 Å². The van der Waals surface area contributed by atoms with Crippen molar-refractivity contribution in [3.05, 3.63) is 57.3 Å². The fraction of sp³-hybridized carbons (Fsp3) is 0.429. The van der Waals surface area contributed by atoms with E-state index in [1.165, 1.54) is 18.3 Å². The molecule has 0 spiro atoms. The summed E-state index contributed by atoms with van der Waals surface area (Å²) >= 11 is 9.14. The molecule has 10 heteroatoms. The van der Waals surface area contributed by atoms with Gasteiger partial charge in [-0.15, -0.1) is 0 Å². The summed E-state index contributed by atoms with van der Waals surface area (Å²) in [5, 5.41) is 12.4. The van der Waals surface area contributed by atoms with Crippen molar-refractivity contribution < 1.29 is 27.8 Å². The lowest BCUT2D eigenvalue weighted by atomic mass is 9.68. The molecule has 2 aromatic rings. The van der Waals surface area contributed by atoms with Crippen molar-refractivity contribution in [3.8, 4) is 5.75 Å². The number of halogens is 5. The Hall–Kier alpha value is -2.00. The first kappa shape index (κ1) is 25.3. The Bertz CT molecular complexity index is 918. The van der Waals surface area contributed by atoms with Gasteiger partial charge in [-0.1, -0.05) is 44.5 Å². The minimum absolute atomic E-state index is 0.147. The number of alkyl halides is 3. The molecule has 1 heterocycles. The summed E-state index contributed by atoms with van der Waals surface area (Å²) in [6.07, 6.45) is -3.76. The number of nitrogens with zero attached hydrogens (tertiary/aromatic N) is 1. The highest BCUT2D eigenvalue weighted by atomic mass is 79.9. The van der Waals surface area contributed by atoms with Gasteiger partial charge in [0.1, 0.15) is 10.9 Å². The largest absolute Gasteiger partial charge is 0.492 e. The molecule has 0 radical (unpaired) electrons. The smallest absolute Gasteiger partial charge is 0.416 e. The molecule has 2 N–H and O–H groups in total. The molecule has 0 unspecified atom stereocenters. The fourth-order valence-electron chi connectivity index (χ4n) is 3.21. The van der Waals surface area contributed by atoms with E-state index in [1.807, 2.05) is 20.8 Å². The predicted molar refractivity (Wildman–Crippen MR) is 116 cm³/mol. The van der Waals surface area contributed by atoms with E-state index < -0.39 is 28.8 Å². The average Bonchev–Trinajstić information content (AvgIpc) is 2.63. The molecule has 0 saturated heterocycles. The van der Waals surface area contributed by atoms with Crippen molar-refractivity contribution in [3.63, 3.8) is 0 Å². The number of hydrogen-bond acceptors (Lipinski definition) is 3. The molecular formula is C21H23BrClF3N2O3.